The van der Waals surface area contributed by atoms with Gasteiger partial charge < -0.3 is 29.5 Å². The normalized spacial score (nSPS) is 11.9. The van der Waals surface area contributed by atoms with Crippen LogP contribution in [-0.4, -0.2) is 46.3 Å². The number of aromatic amines is 2. The molecule has 3 aromatic rings. The lowest BCUT2D eigenvalue weighted by molar-refractivity contribution is -0.189. The summed E-state index contributed by atoms with van der Waals surface area (Å²) in [6.45, 7) is 8.92. The molecule has 0 saturated carbocycles. The van der Waals surface area contributed by atoms with Gasteiger partial charge in [-0.25, -0.2) is 14.4 Å². The van der Waals surface area contributed by atoms with Crippen LogP contribution in [0.1, 0.15) is 66.7 Å². The van der Waals surface area contributed by atoms with Crippen LogP contribution in [0.15, 0.2) is 24.4 Å². The van der Waals surface area contributed by atoms with Gasteiger partial charge in [-0.05, 0) is 57.9 Å². The number of carbonyl (C=O) groups is 3. The Kier molecular flexibility index (Phi) is 7.89. The minimum Gasteiger partial charge on any atom is -0.462 e. The smallest absolute Gasteiger partial charge is 0.462 e. The quantitative estimate of drug-likeness (QED) is 0.344. The van der Waals surface area contributed by atoms with Crippen molar-refractivity contribution < 1.29 is 41.8 Å². The molecule has 1 aromatic carbocycles. The Morgan fingerprint density at radius 1 is 1.05 bits per heavy atom. The van der Waals surface area contributed by atoms with Crippen LogP contribution < -0.4 is 10.1 Å². The van der Waals surface area contributed by atoms with Gasteiger partial charge in [0.2, 0.25) is 0 Å². The Hall–Kier alpha value is -3.96. The fraction of sp³-hybridized carbons (Fsp3) is 0.400. The molecule has 9 nitrogen and oxygen atoms in total. The van der Waals surface area contributed by atoms with Gasteiger partial charge in [-0.1, -0.05) is 6.92 Å². The van der Waals surface area contributed by atoms with E-state index in [9.17, 15) is 27.6 Å². The molecule has 0 unspecified atom stereocenters. The number of benzene rings is 1. The highest BCUT2D eigenvalue weighted by Crippen LogP contribution is 2.30. The van der Waals surface area contributed by atoms with E-state index in [1.807, 2.05) is 0 Å². The molecule has 2 aromatic heterocycles. The van der Waals surface area contributed by atoms with Crippen molar-refractivity contribution in [2.75, 3.05) is 11.9 Å². The van der Waals surface area contributed by atoms with Crippen LogP contribution in [0, 0.1) is 0 Å². The maximum atomic E-state index is 12.8. The minimum atomic E-state index is -5.12. The minimum absolute atomic E-state index is 0.0894. The number of carbonyl (C=O) groups excluding carboxylic acids is 3. The average molecular weight is 524 g/mol. The van der Waals surface area contributed by atoms with Gasteiger partial charge in [0, 0.05) is 23.0 Å². The van der Waals surface area contributed by atoms with Gasteiger partial charge in [-0.15, -0.1) is 0 Å². The summed E-state index contributed by atoms with van der Waals surface area (Å²) < 4.78 is 52.7. The lowest BCUT2D eigenvalue weighted by Gasteiger charge is -2.19. The standard InChI is InChI=1S/C25H28F3N3O6/c1-6-14-19(21(32)35-7-2)17(31-20(14)22(33)37-24(3,4)5)11-29-13-8-9-15-16(10-13)30-12-18(15)36-23(34)25(26,27)28/h8-10,12,29-31H,6-7,11H2,1-5H3. The van der Waals surface area contributed by atoms with Crippen molar-refractivity contribution in [2.24, 2.45) is 0 Å². The van der Waals surface area contributed by atoms with E-state index < -0.39 is 29.7 Å². The molecule has 0 bridgehead atoms. The number of esters is 3. The van der Waals surface area contributed by atoms with Gasteiger partial charge in [0.1, 0.15) is 11.3 Å². The van der Waals surface area contributed by atoms with Crippen molar-refractivity contribution in [3.63, 3.8) is 0 Å². The topological polar surface area (TPSA) is 123 Å². The number of H-pyrrole nitrogens is 2. The van der Waals surface area contributed by atoms with E-state index in [-0.39, 0.29) is 35.5 Å². The zero-order valence-corrected chi connectivity index (χ0v) is 21.0. The molecule has 0 saturated heterocycles. The summed E-state index contributed by atoms with van der Waals surface area (Å²) in [5.74, 6) is -3.76. The van der Waals surface area contributed by atoms with E-state index >= 15 is 0 Å². The van der Waals surface area contributed by atoms with Crippen LogP contribution in [-0.2, 0) is 27.2 Å². The summed E-state index contributed by atoms with van der Waals surface area (Å²) in [4.78, 5) is 42.5. The van der Waals surface area contributed by atoms with Gasteiger partial charge in [-0.2, -0.15) is 13.2 Å². The van der Waals surface area contributed by atoms with Crippen molar-refractivity contribution in [3.8, 4) is 5.75 Å². The largest absolute Gasteiger partial charge is 0.491 e. The van der Waals surface area contributed by atoms with E-state index in [1.54, 1.807) is 46.8 Å². The summed E-state index contributed by atoms with van der Waals surface area (Å²) in [5.41, 5.74) is 1.49. The highest BCUT2D eigenvalue weighted by molar-refractivity contribution is 5.99. The average Bonchev–Trinajstić information content (AvgIpc) is 3.37. The zero-order chi connectivity index (χ0) is 27.5. The summed E-state index contributed by atoms with van der Waals surface area (Å²) >= 11 is 0. The zero-order valence-electron chi connectivity index (χ0n) is 21.0. The molecule has 3 N–H and O–H groups in total. The third-order valence-corrected chi connectivity index (χ3v) is 5.16. The molecule has 2 heterocycles. The summed E-state index contributed by atoms with van der Waals surface area (Å²) in [7, 11) is 0. The van der Waals surface area contributed by atoms with Gasteiger partial charge in [0.05, 0.1) is 24.2 Å². The third-order valence-electron chi connectivity index (χ3n) is 5.16. The van der Waals surface area contributed by atoms with Crippen LogP contribution >= 0.6 is 0 Å². The third kappa shape index (κ3) is 6.43. The number of hydrogen-bond acceptors (Lipinski definition) is 7. The lowest BCUT2D eigenvalue weighted by Crippen LogP contribution is -2.27. The number of anilines is 1. The Morgan fingerprint density at radius 2 is 1.76 bits per heavy atom. The molecule has 0 aliphatic carbocycles. The highest BCUT2D eigenvalue weighted by atomic mass is 19.4. The van der Waals surface area contributed by atoms with Crippen molar-refractivity contribution in [2.45, 2.75) is 59.4 Å². The van der Waals surface area contributed by atoms with Gasteiger partial charge >= 0.3 is 24.1 Å². The summed E-state index contributed by atoms with van der Waals surface area (Å²) in [5, 5.41) is 3.39. The molecule has 0 atom stereocenters. The second kappa shape index (κ2) is 10.6. The Bertz CT molecular complexity index is 1320. The number of halogens is 3. The fourth-order valence-electron chi connectivity index (χ4n) is 3.68. The number of hydrogen-bond donors (Lipinski definition) is 3. The molecule has 0 aliphatic rings. The van der Waals surface area contributed by atoms with Crippen LogP contribution in [0.3, 0.4) is 0 Å². The number of fused-ring (bicyclic) bond motifs is 1. The number of ether oxygens (including phenoxy) is 3. The van der Waals surface area contributed by atoms with Crippen LogP contribution in [0.5, 0.6) is 5.75 Å². The van der Waals surface area contributed by atoms with E-state index in [4.69, 9.17) is 9.47 Å². The maximum Gasteiger partial charge on any atom is 0.491 e. The molecule has 0 amide bonds. The van der Waals surface area contributed by atoms with Crippen LogP contribution in [0.25, 0.3) is 10.9 Å². The fourth-order valence-corrected chi connectivity index (χ4v) is 3.68. The molecule has 0 aliphatic heterocycles. The predicted octanol–water partition coefficient (Wildman–Crippen LogP) is 5.27. The van der Waals surface area contributed by atoms with Gasteiger partial charge in [-0.3, -0.25) is 0 Å². The number of alkyl halides is 3. The lowest BCUT2D eigenvalue weighted by atomic mass is 10.1. The number of aromatic nitrogens is 2. The maximum absolute atomic E-state index is 12.8. The molecule has 0 fully saturated rings. The molecule has 0 radical (unpaired) electrons. The van der Waals surface area contributed by atoms with E-state index in [0.29, 0.717) is 28.9 Å². The first-order chi connectivity index (χ1) is 17.2. The van der Waals surface area contributed by atoms with Crippen molar-refractivity contribution in [1.29, 1.82) is 0 Å². The Labute approximate surface area is 210 Å². The van der Waals surface area contributed by atoms with E-state index in [0.717, 1.165) is 6.20 Å². The monoisotopic (exact) mass is 523 g/mol. The first-order valence-electron chi connectivity index (χ1n) is 11.5. The first-order valence-corrected chi connectivity index (χ1v) is 11.5. The summed E-state index contributed by atoms with van der Waals surface area (Å²) in [6.07, 6.45) is -3.59. The van der Waals surface area contributed by atoms with Crippen molar-refractivity contribution in [1.82, 2.24) is 9.97 Å². The SMILES string of the molecule is CCOC(=O)c1c(CNc2ccc3c(OC(=O)C(F)(F)F)c[nH]c3c2)[nH]c(C(=O)OC(C)(C)C)c1CC. The summed E-state index contributed by atoms with van der Waals surface area (Å²) in [6, 6.07) is 4.66. The molecule has 37 heavy (non-hydrogen) atoms. The highest BCUT2D eigenvalue weighted by Gasteiger charge is 2.41. The van der Waals surface area contributed by atoms with Crippen LogP contribution in [0.4, 0.5) is 18.9 Å². The molecular formula is C25H28F3N3O6. The molecule has 200 valence electrons. The molecular weight excluding hydrogens is 495 g/mol. The first kappa shape index (κ1) is 27.6. The predicted molar refractivity (Wildman–Crippen MR) is 129 cm³/mol. The van der Waals surface area contributed by atoms with Crippen LogP contribution in [0.2, 0.25) is 0 Å². The van der Waals surface area contributed by atoms with Crippen molar-refractivity contribution in [3.05, 3.63) is 46.9 Å². The van der Waals surface area contributed by atoms with Gasteiger partial charge in [0.25, 0.3) is 0 Å². The van der Waals surface area contributed by atoms with E-state index in [1.165, 1.54) is 6.07 Å². The van der Waals surface area contributed by atoms with E-state index in [2.05, 4.69) is 20.0 Å². The Morgan fingerprint density at radius 3 is 2.35 bits per heavy atom. The molecule has 3 rings (SSSR count). The Balaban J connectivity index is 1.88. The number of rotatable bonds is 8. The van der Waals surface area contributed by atoms with Gasteiger partial charge in [0.15, 0.2) is 5.75 Å². The van der Waals surface area contributed by atoms with Crippen molar-refractivity contribution >= 4 is 34.5 Å². The molecule has 12 heteroatoms. The molecule has 0 spiro atoms. The second-order valence-corrected chi connectivity index (χ2v) is 9.06. The number of nitrogens with one attached hydrogen (secondary N) is 3. The second-order valence-electron chi connectivity index (χ2n) is 9.06.